The largest absolute Gasteiger partial charge is 0.507 e. The second kappa shape index (κ2) is 10.3. The summed E-state index contributed by atoms with van der Waals surface area (Å²) in [5, 5.41) is 14.6. The fourth-order valence-electron chi connectivity index (χ4n) is 4.77. The Balaban J connectivity index is 1.38. The molecule has 0 saturated carbocycles. The molecule has 2 heterocycles. The Hall–Kier alpha value is -3.97. The minimum absolute atomic E-state index is 0.124. The number of phenols is 1. The highest BCUT2D eigenvalue weighted by Gasteiger charge is 2.28. The fourth-order valence-corrected chi connectivity index (χ4v) is 4.77. The van der Waals surface area contributed by atoms with Gasteiger partial charge in [0.2, 0.25) is 5.91 Å². The van der Waals surface area contributed by atoms with Crippen molar-refractivity contribution in [3.63, 3.8) is 0 Å². The predicted molar refractivity (Wildman–Crippen MR) is 143 cm³/mol. The van der Waals surface area contributed by atoms with Crippen molar-refractivity contribution >= 4 is 22.6 Å². The second-order valence-corrected chi connectivity index (χ2v) is 9.25. The van der Waals surface area contributed by atoms with Crippen molar-refractivity contribution in [3.05, 3.63) is 83.9 Å². The Morgan fingerprint density at radius 2 is 1.69 bits per heavy atom. The van der Waals surface area contributed by atoms with Gasteiger partial charge in [-0.2, -0.15) is 0 Å². The molecule has 184 valence electrons. The Bertz CT molecular complexity index is 1370. The first-order valence-electron chi connectivity index (χ1n) is 12.3. The highest BCUT2D eigenvalue weighted by atomic mass is 16.3. The van der Waals surface area contributed by atoms with E-state index in [0.717, 1.165) is 27.8 Å². The molecule has 1 amide bonds. The third-order valence-electron chi connectivity index (χ3n) is 6.80. The quantitative estimate of drug-likeness (QED) is 0.436. The van der Waals surface area contributed by atoms with Crippen LogP contribution in [0, 0.1) is 6.92 Å². The predicted octanol–water partition coefficient (Wildman–Crippen LogP) is 3.79. The maximum absolute atomic E-state index is 13.3. The van der Waals surface area contributed by atoms with Crippen LogP contribution >= 0.6 is 0 Å². The summed E-state index contributed by atoms with van der Waals surface area (Å²) in [4.78, 5) is 27.1. The van der Waals surface area contributed by atoms with Crippen molar-refractivity contribution in [2.45, 2.75) is 19.4 Å². The van der Waals surface area contributed by atoms with Gasteiger partial charge in [-0.3, -0.25) is 4.79 Å². The zero-order chi connectivity index (χ0) is 25.1. The number of phenolic OH excluding ortho intramolecular Hbond substituents is 1. The topological polar surface area (TPSA) is 81.6 Å². The van der Waals surface area contributed by atoms with Gasteiger partial charge in [-0.1, -0.05) is 48.5 Å². The van der Waals surface area contributed by atoms with Crippen LogP contribution in [0.2, 0.25) is 0 Å². The number of nitrogens with one attached hydrogen (secondary N) is 1. The number of rotatable bonds is 6. The maximum atomic E-state index is 13.3. The molecule has 0 spiro atoms. The molecule has 3 aromatic carbocycles. The second-order valence-electron chi connectivity index (χ2n) is 9.25. The smallest absolute Gasteiger partial charge is 0.240 e. The number of anilines is 1. The van der Waals surface area contributed by atoms with Gasteiger partial charge in [0.25, 0.3) is 0 Å². The Morgan fingerprint density at radius 3 is 2.42 bits per heavy atom. The average molecular weight is 482 g/mol. The van der Waals surface area contributed by atoms with Gasteiger partial charge in [-0.05, 0) is 55.8 Å². The van der Waals surface area contributed by atoms with E-state index in [1.165, 1.54) is 0 Å². The number of amides is 1. The maximum Gasteiger partial charge on any atom is 0.240 e. The van der Waals surface area contributed by atoms with Crippen molar-refractivity contribution < 1.29 is 9.90 Å². The normalized spacial score (nSPS) is 14.7. The van der Waals surface area contributed by atoms with Crippen LogP contribution in [-0.4, -0.2) is 65.2 Å². The van der Waals surface area contributed by atoms with E-state index in [-0.39, 0.29) is 17.7 Å². The number of aromatic nitrogens is 2. The first-order valence-corrected chi connectivity index (χ1v) is 12.3. The summed E-state index contributed by atoms with van der Waals surface area (Å²) in [6, 6.07) is 23.2. The zero-order valence-electron chi connectivity index (χ0n) is 20.7. The molecule has 36 heavy (non-hydrogen) atoms. The lowest BCUT2D eigenvalue weighted by Gasteiger charge is -2.37. The third kappa shape index (κ3) is 4.88. The van der Waals surface area contributed by atoms with Gasteiger partial charge < -0.3 is 20.2 Å². The molecule has 2 N–H and O–H groups in total. The van der Waals surface area contributed by atoms with Gasteiger partial charge in [-0.25, -0.2) is 9.97 Å². The highest BCUT2D eigenvalue weighted by Crippen LogP contribution is 2.32. The van der Waals surface area contributed by atoms with Gasteiger partial charge in [0, 0.05) is 31.6 Å². The molecule has 1 fully saturated rings. The van der Waals surface area contributed by atoms with Crippen LogP contribution in [0.5, 0.6) is 5.75 Å². The van der Waals surface area contributed by atoms with Crippen molar-refractivity contribution in [1.29, 1.82) is 0 Å². The zero-order valence-corrected chi connectivity index (χ0v) is 20.7. The van der Waals surface area contributed by atoms with Gasteiger partial charge in [0.15, 0.2) is 5.82 Å². The highest BCUT2D eigenvalue weighted by molar-refractivity contribution is 5.92. The van der Waals surface area contributed by atoms with Crippen LogP contribution in [0.3, 0.4) is 0 Å². The molecule has 7 heteroatoms. The number of hydrogen-bond donors (Lipinski definition) is 2. The van der Waals surface area contributed by atoms with Crippen molar-refractivity contribution in [3.8, 4) is 17.1 Å². The van der Waals surface area contributed by atoms with Gasteiger partial charge in [0.05, 0.1) is 17.1 Å². The van der Waals surface area contributed by atoms with Crippen molar-refractivity contribution in [2.24, 2.45) is 0 Å². The van der Waals surface area contributed by atoms with Crippen LogP contribution in [0.15, 0.2) is 72.8 Å². The van der Waals surface area contributed by atoms with E-state index in [2.05, 4.69) is 34.5 Å². The van der Waals surface area contributed by atoms with Crippen LogP contribution in [0.25, 0.3) is 22.3 Å². The van der Waals surface area contributed by atoms with Crippen LogP contribution in [-0.2, 0) is 11.2 Å². The first kappa shape index (κ1) is 23.8. The summed E-state index contributed by atoms with van der Waals surface area (Å²) in [5.74, 6) is 1.61. The van der Waals surface area contributed by atoms with Crippen molar-refractivity contribution in [2.75, 3.05) is 38.1 Å². The molecule has 5 rings (SSSR count). The summed E-state index contributed by atoms with van der Waals surface area (Å²) in [6.45, 7) is 4.63. The summed E-state index contributed by atoms with van der Waals surface area (Å²) in [7, 11) is 1.84. The number of likely N-dealkylation sites (N-methyl/N-ethyl adjacent to an activating group) is 1. The average Bonchev–Trinajstić information content (AvgIpc) is 2.91. The first-order chi connectivity index (χ1) is 17.5. The van der Waals surface area contributed by atoms with Gasteiger partial charge in [-0.15, -0.1) is 0 Å². The van der Waals surface area contributed by atoms with E-state index >= 15 is 0 Å². The van der Waals surface area contributed by atoms with Crippen LogP contribution in [0.4, 0.5) is 5.82 Å². The monoisotopic (exact) mass is 481 g/mol. The van der Waals surface area contributed by atoms with E-state index in [0.29, 0.717) is 44.0 Å². The number of para-hydroxylation sites is 1. The molecule has 0 radical (unpaired) electrons. The molecule has 7 nitrogen and oxygen atoms in total. The summed E-state index contributed by atoms with van der Waals surface area (Å²) in [6.07, 6.45) is 0.663. The molecular weight excluding hydrogens is 450 g/mol. The Kier molecular flexibility index (Phi) is 6.82. The van der Waals surface area contributed by atoms with E-state index in [1.54, 1.807) is 12.1 Å². The number of piperazine rings is 1. The fraction of sp³-hybridized carbons (Fsp3) is 0.276. The molecule has 4 aromatic rings. The number of fused-ring (bicyclic) bond motifs is 1. The molecule has 1 atom stereocenters. The molecule has 0 bridgehead atoms. The van der Waals surface area contributed by atoms with E-state index < -0.39 is 0 Å². The summed E-state index contributed by atoms with van der Waals surface area (Å²) in [5.41, 5.74) is 3.70. The molecular formula is C29H31N5O2. The Labute approximate surface area is 211 Å². The number of aryl methyl sites for hydroxylation is 1. The summed E-state index contributed by atoms with van der Waals surface area (Å²) >= 11 is 0. The lowest BCUT2D eigenvalue weighted by Crippen LogP contribution is -2.54. The standard InChI is InChI=1S/C29H31N5O2/c1-20-12-13-22-24(18-20)31-27(23-10-6-7-11-26(23)35)32-28(22)33-14-16-34(17-15-33)29(36)25(30-2)19-21-8-4-3-5-9-21/h3-13,18,25,30,35H,14-17,19H2,1-2H3. The van der Waals surface area contributed by atoms with Gasteiger partial charge >= 0.3 is 0 Å². The van der Waals surface area contributed by atoms with E-state index in [4.69, 9.17) is 9.97 Å². The van der Waals surface area contributed by atoms with Gasteiger partial charge in [0.1, 0.15) is 11.6 Å². The number of aromatic hydroxyl groups is 1. The number of hydrogen-bond acceptors (Lipinski definition) is 6. The molecule has 0 aliphatic carbocycles. The molecule has 1 aliphatic heterocycles. The Morgan fingerprint density at radius 1 is 0.972 bits per heavy atom. The molecule has 1 aromatic heterocycles. The van der Waals surface area contributed by atoms with Crippen LogP contribution in [0.1, 0.15) is 11.1 Å². The number of carbonyl (C=O) groups excluding carboxylic acids is 1. The van der Waals surface area contributed by atoms with Crippen LogP contribution < -0.4 is 10.2 Å². The third-order valence-corrected chi connectivity index (χ3v) is 6.80. The summed E-state index contributed by atoms with van der Waals surface area (Å²) < 4.78 is 0. The number of carbonyl (C=O) groups is 1. The SMILES string of the molecule is CNC(Cc1ccccc1)C(=O)N1CCN(c2nc(-c3ccccc3O)nc3cc(C)ccc23)CC1. The lowest BCUT2D eigenvalue weighted by molar-refractivity contribution is -0.133. The van der Waals surface area contributed by atoms with E-state index in [1.807, 2.05) is 55.3 Å². The number of benzene rings is 3. The molecule has 1 saturated heterocycles. The minimum atomic E-state index is -0.255. The molecule has 1 aliphatic rings. The number of nitrogens with zero attached hydrogens (tertiary/aromatic N) is 4. The lowest BCUT2D eigenvalue weighted by atomic mass is 10.0. The minimum Gasteiger partial charge on any atom is -0.507 e. The van der Waals surface area contributed by atoms with Crippen molar-refractivity contribution in [1.82, 2.24) is 20.2 Å². The van der Waals surface area contributed by atoms with E-state index in [9.17, 15) is 9.90 Å². The molecule has 1 unspecified atom stereocenters.